The summed E-state index contributed by atoms with van der Waals surface area (Å²) in [5.41, 5.74) is 0.696. The van der Waals surface area contributed by atoms with Gasteiger partial charge in [0.15, 0.2) is 0 Å². The van der Waals surface area contributed by atoms with Crippen LogP contribution in [0.5, 0.6) is 0 Å². The maximum atomic E-state index is 11.0. The van der Waals surface area contributed by atoms with Crippen molar-refractivity contribution in [2.45, 2.75) is 5.16 Å². The summed E-state index contributed by atoms with van der Waals surface area (Å²) in [7, 11) is 1.41. The van der Waals surface area contributed by atoms with E-state index in [4.69, 9.17) is 10.7 Å². The van der Waals surface area contributed by atoms with E-state index in [1.54, 1.807) is 24.4 Å². The number of imidazole rings is 1. The van der Waals surface area contributed by atoms with Crippen LogP contribution in [-0.2, 0) is 9.05 Å². The van der Waals surface area contributed by atoms with Crippen LogP contribution in [0.2, 0.25) is 0 Å². The van der Waals surface area contributed by atoms with Crippen molar-refractivity contribution in [1.82, 2.24) is 9.38 Å². The molecule has 6 heteroatoms. The van der Waals surface area contributed by atoms with E-state index in [0.717, 1.165) is 0 Å². The summed E-state index contributed by atoms with van der Waals surface area (Å²) in [5, 5.41) is -0.148. The molecule has 0 radical (unpaired) electrons. The highest BCUT2D eigenvalue weighted by Gasteiger charge is 2.16. The molecular formula is C7H5ClN2O2S. The van der Waals surface area contributed by atoms with Crippen molar-refractivity contribution in [3.63, 3.8) is 0 Å². The fraction of sp³-hybridized carbons (Fsp3) is 0. The molecular weight excluding hydrogens is 212 g/mol. The van der Waals surface area contributed by atoms with Gasteiger partial charge in [0.2, 0.25) is 5.16 Å². The van der Waals surface area contributed by atoms with E-state index >= 15 is 0 Å². The van der Waals surface area contributed by atoms with Crippen molar-refractivity contribution >= 4 is 25.2 Å². The summed E-state index contributed by atoms with van der Waals surface area (Å²) >= 11 is 0. The Balaban J connectivity index is 2.87. The molecule has 0 saturated carbocycles. The van der Waals surface area contributed by atoms with Crippen LogP contribution >= 0.6 is 10.7 Å². The third kappa shape index (κ3) is 1.40. The molecule has 0 aliphatic rings. The van der Waals surface area contributed by atoms with Crippen LogP contribution in [0, 0.1) is 0 Å². The largest absolute Gasteiger partial charge is 0.295 e. The van der Waals surface area contributed by atoms with Gasteiger partial charge in [0.1, 0.15) is 0 Å². The fourth-order valence-corrected chi connectivity index (χ4v) is 2.02. The Hall–Kier alpha value is -1.07. The Morgan fingerprint density at radius 1 is 1.38 bits per heavy atom. The molecule has 0 unspecified atom stereocenters. The number of halogens is 1. The molecule has 0 saturated heterocycles. The monoisotopic (exact) mass is 216 g/mol. The van der Waals surface area contributed by atoms with Gasteiger partial charge in [0.05, 0.1) is 11.7 Å². The molecule has 2 aromatic rings. The zero-order valence-corrected chi connectivity index (χ0v) is 7.96. The fourth-order valence-electron chi connectivity index (χ4n) is 1.10. The second-order valence-corrected chi connectivity index (χ2v) is 4.93. The topological polar surface area (TPSA) is 51.4 Å². The van der Waals surface area contributed by atoms with Crippen molar-refractivity contribution in [2.75, 3.05) is 0 Å². The molecule has 0 aliphatic heterocycles. The number of nitrogens with zero attached hydrogens (tertiary/aromatic N) is 2. The van der Waals surface area contributed by atoms with Crippen molar-refractivity contribution in [3.05, 3.63) is 30.6 Å². The van der Waals surface area contributed by atoms with Gasteiger partial charge in [-0.2, -0.15) is 0 Å². The highest BCUT2D eigenvalue weighted by Crippen LogP contribution is 2.14. The lowest BCUT2D eigenvalue weighted by Gasteiger charge is -1.94. The van der Waals surface area contributed by atoms with Crippen molar-refractivity contribution in [1.29, 1.82) is 0 Å². The van der Waals surface area contributed by atoms with Crippen LogP contribution in [0.1, 0.15) is 0 Å². The predicted octanol–water partition coefficient (Wildman–Crippen LogP) is 1.26. The summed E-state index contributed by atoms with van der Waals surface area (Å²) in [4.78, 5) is 3.71. The number of pyridine rings is 1. The molecule has 13 heavy (non-hydrogen) atoms. The third-order valence-electron chi connectivity index (χ3n) is 1.62. The molecule has 2 aromatic heterocycles. The van der Waals surface area contributed by atoms with Gasteiger partial charge in [-0.1, -0.05) is 6.07 Å². The van der Waals surface area contributed by atoms with Crippen LogP contribution in [0.4, 0.5) is 0 Å². The SMILES string of the molecule is O=S(=O)(Cl)c1ncc2ccccn12. The summed E-state index contributed by atoms with van der Waals surface area (Å²) in [6.07, 6.45) is 3.05. The molecule has 4 nitrogen and oxygen atoms in total. The van der Waals surface area contributed by atoms with E-state index in [-0.39, 0.29) is 5.16 Å². The van der Waals surface area contributed by atoms with Crippen molar-refractivity contribution in [3.8, 4) is 0 Å². The molecule has 2 rings (SSSR count). The first kappa shape index (κ1) is 8.52. The summed E-state index contributed by atoms with van der Waals surface area (Å²) in [5.74, 6) is 0. The quantitative estimate of drug-likeness (QED) is 0.675. The summed E-state index contributed by atoms with van der Waals surface area (Å²) < 4.78 is 23.4. The summed E-state index contributed by atoms with van der Waals surface area (Å²) in [6.45, 7) is 0. The Morgan fingerprint density at radius 3 is 2.85 bits per heavy atom. The number of aromatic nitrogens is 2. The highest BCUT2D eigenvalue weighted by atomic mass is 35.7. The maximum Gasteiger partial charge on any atom is 0.295 e. The van der Waals surface area contributed by atoms with Crippen LogP contribution < -0.4 is 0 Å². The lowest BCUT2D eigenvalue weighted by molar-refractivity contribution is 0.600. The summed E-state index contributed by atoms with van der Waals surface area (Å²) in [6, 6.07) is 5.25. The second kappa shape index (κ2) is 2.71. The molecule has 0 N–H and O–H groups in total. The molecule has 0 fully saturated rings. The van der Waals surface area contributed by atoms with E-state index in [0.29, 0.717) is 5.52 Å². The third-order valence-corrected chi connectivity index (χ3v) is 2.78. The van der Waals surface area contributed by atoms with Gasteiger partial charge >= 0.3 is 0 Å². The normalized spacial score (nSPS) is 12.1. The van der Waals surface area contributed by atoms with E-state index in [1.807, 2.05) is 0 Å². The average Bonchev–Trinajstić information content (AvgIpc) is 2.45. The van der Waals surface area contributed by atoms with Gasteiger partial charge in [0.25, 0.3) is 9.05 Å². The van der Waals surface area contributed by atoms with Crippen LogP contribution in [-0.4, -0.2) is 17.8 Å². The number of hydrogen-bond donors (Lipinski definition) is 0. The van der Waals surface area contributed by atoms with Crippen molar-refractivity contribution in [2.24, 2.45) is 0 Å². The minimum absolute atomic E-state index is 0.148. The van der Waals surface area contributed by atoms with Crippen molar-refractivity contribution < 1.29 is 8.42 Å². The molecule has 0 amide bonds. The number of rotatable bonds is 1. The van der Waals surface area contributed by atoms with E-state index in [9.17, 15) is 8.42 Å². The Morgan fingerprint density at radius 2 is 2.15 bits per heavy atom. The molecule has 0 aliphatic carbocycles. The Bertz CT molecular complexity index is 546. The van der Waals surface area contributed by atoms with Crippen LogP contribution in [0.15, 0.2) is 35.7 Å². The lowest BCUT2D eigenvalue weighted by atomic mass is 10.4. The van der Waals surface area contributed by atoms with E-state index in [1.165, 1.54) is 10.6 Å². The number of fused-ring (bicyclic) bond motifs is 1. The Labute approximate surface area is 79.2 Å². The van der Waals surface area contributed by atoms with E-state index < -0.39 is 9.05 Å². The van der Waals surface area contributed by atoms with Crippen LogP contribution in [0.3, 0.4) is 0 Å². The second-order valence-electron chi connectivity index (χ2n) is 2.47. The first-order valence-corrected chi connectivity index (χ1v) is 5.77. The molecule has 68 valence electrons. The lowest BCUT2D eigenvalue weighted by Crippen LogP contribution is -1.97. The average molecular weight is 217 g/mol. The highest BCUT2D eigenvalue weighted by molar-refractivity contribution is 8.13. The van der Waals surface area contributed by atoms with Gasteiger partial charge in [-0.15, -0.1) is 0 Å². The zero-order valence-electron chi connectivity index (χ0n) is 6.38. The van der Waals surface area contributed by atoms with Gasteiger partial charge in [-0.3, -0.25) is 4.40 Å². The molecule has 0 spiro atoms. The predicted molar refractivity (Wildman–Crippen MR) is 48.2 cm³/mol. The van der Waals surface area contributed by atoms with Gasteiger partial charge in [-0.05, 0) is 12.1 Å². The molecule has 2 heterocycles. The Kier molecular flexibility index (Phi) is 1.78. The smallest absolute Gasteiger partial charge is 0.290 e. The molecule has 0 aromatic carbocycles. The number of hydrogen-bond acceptors (Lipinski definition) is 3. The van der Waals surface area contributed by atoms with Gasteiger partial charge in [-0.25, -0.2) is 13.4 Å². The molecule has 0 bridgehead atoms. The first-order valence-electron chi connectivity index (χ1n) is 3.46. The molecule has 0 atom stereocenters. The van der Waals surface area contributed by atoms with Gasteiger partial charge in [0, 0.05) is 16.9 Å². The minimum Gasteiger partial charge on any atom is -0.290 e. The van der Waals surface area contributed by atoms with Crippen LogP contribution in [0.25, 0.3) is 5.52 Å². The first-order chi connectivity index (χ1) is 6.09. The minimum atomic E-state index is -3.76. The maximum absolute atomic E-state index is 11.0. The van der Waals surface area contributed by atoms with Gasteiger partial charge < -0.3 is 0 Å². The van der Waals surface area contributed by atoms with E-state index in [2.05, 4.69) is 4.98 Å². The standard InChI is InChI=1S/C7H5ClN2O2S/c8-13(11,12)7-9-5-6-3-1-2-4-10(6)7/h1-5H. The zero-order chi connectivity index (χ0) is 9.47.